The van der Waals surface area contributed by atoms with Crippen LogP contribution in [-0.4, -0.2) is 60.1 Å². The van der Waals surface area contributed by atoms with Gasteiger partial charge in [-0.3, -0.25) is 4.79 Å². The van der Waals surface area contributed by atoms with Gasteiger partial charge >= 0.3 is 5.97 Å². The van der Waals surface area contributed by atoms with Gasteiger partial charge in [0.25, 0.3) is 0 Å². The quantitative estimate of drug-likeness (QED) is 0.674. The number of piperidine rings is 2. The minimum atomic E-state index is -0.838. The molecule has 2 saturated heterocycles. The van der Waals surface area contributed by atoms with Gasteiger partial charge in [0.15, 0.2) is 0 Å². The number of hydrogen-bond donors (Lipinski definition) is 1. The lowest BCUT2D eigenvalue weighted by atomic mass is 9.72. The van der Waals surface area contributed by atoms with Crippen LogP contribution in [0.2, 0.25) is 0 Å². The second kappa shape index (κ2) is 9.93. The third kappa shape index (κ3) is 4.70. The summed E-state index contributed by atoms with van der Waals surface area (Å²) in [5.41, 5.74) is 0.164. The van der Waals surface area contributed by atoms with E-state index in [0.29, 0.717) is 12.8 Å². The van der Waals surface area contributed by atoms with Crippen LogP contribution in [0, 0.1) is 0 Å². The largest absolute Gasteiger partial charge is 0.481 e. The van der Waals surface area contributed by atoms with Crippen molar-refractivity contribution in [2.24, 2.45) is 0 Å². The predicted molar refractivity (Wildman–Crippen MR) is 123 cm³/mol. The van der Waals surface area contributed by atoms with E-state index in [4.69, 9.17) is 0 Å². The summed E-state index contributed by atoms with van der Waals surface area (Å²) in [6, 6.07) is 14.5. The number of rotatable bonds is 8. The van der Waals surface area contributed by atoms with E-state index >= 15 is 0 Å². The standard InChI is InChI=1S/C26H36N2O2/c29-25(30)26(14-20-27-16-5-1-6-17-27,15-21-28-18-7-2-8-19-28)24-13-9-11-22-10-3-4-12-23(22)24/h3-4,9-13H,1-2,5-8,14-21H2,(H,29,30). The van der Waals surface area contributed by atoms with Crippen molar-refractivity contribution in [2.45, 2.75) is 56.8 Å². The van der Waals surface area contributed by atoms with Crippen LogP contribution in [0.4, 0.5) is 0 Å². The molecule has 2 fully saturated rings. The number of carboxylic acids is 1. The lowest BCUT2D eigenvalue weighted by molar-refractivity contribution is -0.145. The Balaban J connectivity index is 1.66. The minimum absolute atomic E-state index is 0.659. The second-order valence-corrected chi connectivity index (χ2v) is 9.22. The van der Waals surface area contributed by atoms with Gasteiger partial charge in [-0.15, -0.1) is 0 Å². The van der Waals surface area contributed by atoms with Crippen molar-refractivity contribution in [1.29, 1.82) is 0 Å². The van der Waals surface area contributed by atoms with E-state index in [1.54, 1.807) is 0 Å². The Morgan fingerprint density at radius 3 is 1.87 bits per heavy atom. The Kier molecular flexibility index (Phi) is 7.06. The van der Waals surface area contributed by atoms with E-state index in [1.165, 1.54) is 38.5 Å². The average Bonchev–Trinajstić information content (AvgIpc) is 2.80. The predicted octanol–water partition coefficient (Wildman–Crippen LogP) is 4.91. The number of carbonyl (C=O) groups is 1. The number of hydrogen-bond acceptors (Lipinski definition) is 3. The van der Waals surface area contributed by atoms with Gasteiger partial charge in [-0.2, -0.15) is 0 Å². The number of benzene rings is 2. The molecule has 0 saturated carbocycles. The molecule has 0 spiro atoms. The fraction of sp³-hybridized carbons (Fsp3) is 0.577. The monoisotopic (exact) mass is 408 g/mol. The zero-order valence-corrected chi connectivity index (χ0v) is 18.2. The maximum atomic E-state index is 13.0. The Morgan fingerprint density at radius 2 is 1.30 bits per heavy atom. The molecule has 0 atom stereocenters. The molecule has 4 heteroatoms. The van der Waals surface area contributed by atoms with E-state index in [-0.39, 0.29) is 0 Å². The fourth-order valence-corrected chi connectivity index (χ4v) is 5.43. The number of aliphatic carboxylic acids is 1. The summed E-state index contributed by atoms with van der Waals surface area (Å²) in [6.45, 7) is 6.18. The minimum Gasteiger partial charge on any atom is -0.481 e. The first-order valence-corrected chi connectivity index (χ1v) is 11.9. The smallest absolute Gasteiger partial charge is 0.314 e. The molecule has 162 valence electrons. The summed E-state index contributed by atoms with van der Waals surface area (Å²) >= 11 is 0. The van der Waals surface area contributed by atoms with Crippen molar-refractivity contribution in [3.05, 3.63) is 48.0 Å². The highest BCUT2D eigenvalue weighted by molar-refractivity contribution is 5.93. The molecule has 0 aliphatic carbocycles. The Labute approximate surface area is 180 Å². The first kappa shape index (κ1) is 21.3. The molecule has 30 heavy (non-hydrogen) atoms. The van der Waals surface area contributed by atoms with E-state index in [0.717, 1.165) is 55.6 Å². The van der Waals surface area contributed by atoms with Crippen LogP contribution < -0.4 is 0 Å². The van der Waals surface area contributed by atoms with Crippen molar-refractivity contribution in [2.75, 3.05) is 39.3 Å². The first-order chi connectivity index (χ1) is 14.7. The topological polar surface area (TPSA) is 43.8 Å². The Hall–Kier alpha value is -1.91. The lowest BCUT2D eigenvalue weighted by Crippen LogP contribution is -2.44. The number of nitrogens with zero attached hydrogens (tertiary/aromatic N) is 2. The molecular weight excluding hydrogens is 372 g/mol. The molecule has 2 aliphatic heterocycles. The van der Waals surface area contributed by atoms with Crippen molar-refractivity contribution in [3.8, 4) is 0 Å². The van der Waals surface area contributed by atoms with Crippen molar-refractivity contribution in [3.63, 3.8) is 0 Å². The van der Waals surface area contributed by atoms with Crippen molar-refractivity contribution < 1.29 is 9.90 Å². The van der Waals surface area contributed by atoms with E-state index in [1.807, 2.05) is 18.2 Å². The van der Waals surface area contributed by atoms with Gasteiger partial charge in [-0.25, -0.2) is 0 Å². The zero-order valence-electron chi connectivity index (χ0n) is 18.2. The van der Waals surface area contributed by atoms with E-state index in [9.17, 15) is 9.90 Å². The molecule has 2 aromatic rings. The SMILES string of the molecule is O=C(O)C(CCN1CCCCC1)(CCN1CCCCC1)c1cccc2ccccc12. The summed E-state index contributed by atoms with van der Waals surface area (Å²) in [6.07, 6.45) is 8.93. The van der Waals surface area contributed by atoms with Crippen molar-refractivity contribution in [1.82, 2.24) is 9.80 Å². The molecule has 0 amide bonds. The maximum absolute atomic E-state index is 13.0. The molecule has 4 rings (SSSR count). The van der Waals surface area contributed by atoms with Crippen LogP contribution in [0.5, 0.6) is 0 Å². The molecule has 0 aromatic heterocycles. The van der Waals surface area contributed by atoms with Gasteiger partial charge in [0.1, 0.15) is 0 Å². The Bertz CT molecular complexity index is 811. The van der Waals surface area contributed by atoms with Crippen LogP contribution in [0.15, 0.2) is 42.5 Å². The zero-order chi connectivity index (χ0) is 20.8. The molecule has 2 aromatic carbocycles. The molecule has 0 bridgehead atoms. The molecule has 4 nitrogen and oxygen atoms in total. The summed E-state index contributed by atoms with van der Waals surface area (Å²) in [4.78, 5) is 17.9. The van der Waals surface area contributed by atoms with Crippen LogP contribution in [-0.2, 0) is 10.2 Å². The maximum Gasteiger partial charge on any atom is 0.314 e. The van der Waals surface area contributed by atoms with E-state index in [2.05, 4.69) is 34.1 Å². The molecule has 1 N–H and O–H groups in total. The highest BCUT2D eigenvalue weighted by atomic mass is 16.4. The summed E-state index contributed by atoms with van der Waals surface area (Å²) in [7, 11) is 0. The van der Waals surface area contributed by atoms with Crippen LogP contribution >= 0.6 is 0 Å². The molecule has 0 radical (unpaired) electrons. The summed E-state index contributed by atoms with van der Waals surface area (Å²) < 4.78 is 0. The van der Waals surface area contributed by atoms with Gasteiger partial charge in [0, 0.05) is 0 Å². The molecule has 0 unspecified atom stereocenters. The third-order valence-corrected chi connectivity index (χ3v) is 7.32. The van der Waals surface area contributed by atoms with Crippen LogP contribution in [0.1, 0.15) is 56.9 Å². The average molecular weight is 409 g/mol. The van der Waals surface area contributed by atoms with Gasteiger partial charge < -0.3 is 14.9 Å². The summed E-state index contributed by atoms with van der Waals surface area (Å²) in [5, 5.41) is 12.9. The molecule has 2 aliphatic rings. The second-order valence-electron chi connectivity index (χ2n) is 9.22. The molecular formula is C26H36N2O2. The number of likely N-dealkylation sites (tertiary alicyclic amines) is 2. The number of carboxylic acid groups (broad SMARTS) is 1. The lowest BCUT2D eigenvalue weighted by Gasteiger charge is -2.37. The highest BCUT2D eigenvalue weighted by Crippen LogP contribution is 2.38. The van der Waals surface area contributed by atoms with Gasteiger partial charge in [-0.1, -0.05) is 55.3 Å². The van der Waals surface area contributed by atoms with Gasteiger partial charge in [0.2, 0.25) is 0 Å². The van der Waals surface area contributed by atoms with Gasteiger partial charge in [0.05, 0.1) is 5.41 Å². The molecule has 2 heterocycles. The summed E-state index contributed by atoms with van der Waals surface area (Å²) in [5.74, 6) is -0.659. The highest BCUT2D eigenvalue weighted by Gasteiger charge is 2.41. The number of fused-ring (bicyclic) bond motifs is 1. The van der Waals surface area contributed by atoms with E-state index < -0.39 is 11.4 Å². The van der Waals surface area contributed by atoms with Crippen molar-refractivity contribution >= 4 is 16.7 Å². The fourth-order valence-electron chi connectivity index (χ4n) is 5.43. The third-order valence-electron chi connectivity index (χ3n) is 7.32. The van der Waals surface area contributed by atoms with Crippen LogP contribution in [0.3, 0.4) is 0 Å². The first-order valence-electron chi connectivity index (χ1n) is 11.9. The van der Waals surface area contributed by atoms with Crippen LogP contribution in [0.25, 0.3) is 10.8 Å². The normalized spacial score (nSPS) is 19.2. The Morgan fingerprint density at radius 1 is 0.767 bits per heavy atom. The van der Waals surface area contributed by atoms with Gasteiger partial charge in [-0.05, 0) is 94.1 Å².